The van der Waals surface area contributed by atoms with Gasteiger partial charge in [0.25, 0.3) is 0 Å². The molecule has 0 aromatic carbocycles. The summed E-state index contributed by atoms with van der Waals surface area (Å²) < 4.78 is 5.63. The van der Waals surface area contributed by atoms with Crippen molar-refractivity contribution >= 4 is 11.6 Å². The second kappa shape index (κ2) is 6.69. The first-order valence-electron chi connectivity index (χ1n) is 7.77. The molecule has 0 unspecified atom stereocenters. The zero-order valence-electron chi connectivity index (χ0n) is 12.5. The highest BCUT2D eigenvalue weighted by atomic mass is 16.5. The normalized spacial score (nSPS) is 17.4. The Bertz CT molecular complexity index is 644. The predicted octanol–water partition coefficient (Wildman–Crippen LogP) is 3.40. The zero-order valence-corrected chi connectivity index (χ0v) is 12.5. The van der Waals surface area contributed by atoms with Crippen LogP contribution in [0.3, 0.4) is 0 Å². The van der Waals surface area contributed by atoms with Gasteiger partial charge in [-0.1, -0.05) is 6.07 Å². The van der Waals surface area contributed by atoms with Crippen molar-refractivity contribution in [2.75, 3.05) is 6.61 Å². The van der Waals surface area contributed by atoms with E-state index in [-0.39, 0.29) is 24.4 Å². The van der Waals surface area contributed by atoms with E-state index in [0.717, 1.165) is 49.2 Å². The standard InChI is InChI=1S/C18H19NO3/c20-16(7-8-17(21)15-5-1-2-10-19-15)13-6-9-18-14(12-13)4-3-11-22-18/h1-2,5,10,12H,3-4,6-9,11H2. The summed E-state index contributed by atoms with van der Waals surface area (Å²) in [6.45, 7) is 0.786. The molecule has 22 heavy (non-hydrogen) atoms. The Hall–Kier alpha value is -2.23. The van der Waals surface area contributed by atoms with Gasteiger partial charge in [0.1, 0.15) is 5.69 Å². The molecule has 114 valence electrons. The van der Waals surface area contributed by atoms with Crippen LogP contribution in [0.4, 0.5) is 0 Å². The van der Waals surface area contributed by atoms with Gasteiger partial charge in [0.2, 0.25) is 0 Å². The second-order valence-corrected chi connectivity index (χ2v) is 5.63. The van der Waals surface area contributed by atoms with Crippen LogP contribution in [0.25, 0.3) is 0 Å². The molecule has 0 bridgehead atoms. The number of allylic oxidation sites excluding steroid dienone is 4. The predicted molar refractivity (Wildman–Crippen MR) is 82.3 cm³/mol. The van der Waals surface area contributed by atoms with Gasteiger partial charge in [-0.05, 0) is 48.6 Å². The first-order chi connectivity index (χ1) is 10.7. The fourth-order valence-electron chi connectivity index (χ4n) is 2.87. The fraction of sp³-hybridized carbons (Fsp3) is 0.389. The number of hydrogen-bond donors (Lipinski definition) is 0. The average Bonchev–Trinajstić information content (AvgIpc) is 2.59. The third kappa shape index (κ3) is 3.32. The van der Waals surface area contributed by atoms with Crippen molar-refractivity contribution < 1.29 is 14.3 Å². The lowest BCUT2D eigenvalue weighted by Gasteiger charge is -2.24. The van der Waals surface area contributed by atoms with Crippen LogP contribution in [0.2, 0.25) is 0 Å². The van der Waals surface area contributed by atoms with E-state index in [4.69, 9.17) is 4.74 Å². The van der Waals surface area contributed by atoms with Crippen molar-refractivity contribution in [3.05, 3.63) is 53.1 Å². The lowest BCUT2D eigenvalue weighted by atomic mass is 9.90. The summed E-state index contributed by atoms with van der Waals surface area (Å²) in [5.74, 6) is 1.04. The Kier molecular flexibility index (Phi) is 4.47. The molecule has 4 heteroatoms. The summed E-state index contributed by atoms with van der Waals surface area (Å²) >= 11 is 0. The van der Waals surface area contributed by atoms with Gasteiger partial charge in [0.15, 0.2) is 11.6 Å². The minimum atomic E-state index is -0.0775. The number of pyridine rings is 1. The Morgan fingerprint density at radius 2 is 1.95 bits per heavy atom. The Balaban J connectivity index is 1.60. The van der Waals surface area contributed by atoms with Crippen LogP contribution in [-0.4, -0.2) is 23.2 Å². The first kappa shape index (κ1) is 14.7. The highest BCUT2D eigenvalue weighted by Gasteiger charge is 2.21. The first-order valence-corrected chi connectivity index (χ1v) is 7.77. The third-order valence-corrected chi connectivity index (χ3v) is 4.08. The van der Waals surface area contributed by atoms with Crippen molar-refractivity contribution in [2.45, 2.75) is 38.5 Å². The SMILES string of the molecule is O=C(CCC(=O)c1ccccn1)C1=CC2=C(CC1)OCCC2. The molecule has 0 radical (unpaired) electrons. The number of hydrogen-bond acceptors (Lipinski definition) is 4. The summed E-state index contributed by atoms with van der Waals surface area (Å²) in [6, 6.07) is 5.23. The number of Topliss-reactive ketones (excluding diaryl/α,β-unsaturated/α-hetero) is 2. The Morgan fingerprint density at radius 3 is 2.77 bits per heavy atom. The number of nitrogens with zero attached hydrogens (tertiary/aromatic N) is 1. The van der Waals surface area contributed by atoms with E-state index < -0.39 is 0 Å². The summed E-state index contributed by atoms with van der Waals surface area (Å²) in [7, 11) is 0. The Labute approximate surface area is 129 Å². The van der Waals surface area contributed by atoms with Gasteiger partial charge in [-0.3, -0.25) is 14.6 Å². The van der Waals surface area contributed by atoms with Crippen molar-refractivity contribution in [3.8, 4) is 0 Å². The molecule has 2 aliphatic rings. The van der Waals surface area contributed by atoms with Crippen LogP contribution < -0.4 is 0 Å². The van der Waals surface area contributed by atoms with Gasteiger partial charge in [-0.15, -0.1) is 0 Å². The van der Waals surface area contributed by atoms with Crippen LogP contribution in [0.1, 0.15) is 49.0 Å². The van der Waals surface area contributed by atoms with Gasteiger partial charge < -0.3 is 4.74 Å². The fourth-order valence-corrected chi connectivity index (χ4v) is 2.87. The van der Waals surface area contributed by atoms with Gasteiger partial charge in [0, 0.05) is 25.5 Å². The molecule has 1 aromatic rings. The van der Waals surface area contributed by atoms with Crippen LogP contribution in [0.15, 0.2) is 47.4 Å². The van der Waals surface area contributed by atoms with Gasteiger partial charge >= 0.3 is 0 Å². The van der Waals surface area contributed by atoms with Crippen LogP contribution in [0.5, 0.6) is 0 Å². The number of ketones is 2. The Morgan fingerprint density at radius 1 is 1.09 bits per heavy atom. The van der Waals surface area contributed by atoms with E-state index >= 15 is 0 Å². The minimum absolute atomic E-state index is 0.0707. The highest BCUT2D eigenvalue weighted by molar-refractivity contribution is 6.01. The van der Waals surface area contributed by atoms with Crippen LogP contribution in [0, 0.1) is 0 Å². The molecule has 0 saturated carbocycles. The quantitative estimate of drug-likeness (QED) is 0.782. The third-order valence-electron chi connectivity index (χ3n) is 4.08. The summed E-state index contributed by atoms with van der Waals surface area (Å²) in [5.41, 5.74) is 2.42. The van der Waals surface area contributed by atoms with Crippen LogP contribution in [-0.2, 0) is 9.53 Å². The molecule has 0 atom stereocenters. The lowest BCUT2D eigenvalue weighted by molar-refractivity contribution is -0.115. The molecule has 0 amide bonds. The van der Waals surface area contributed by atoms with E-state index in [2.05, 4.69) is 4.98 Å². The number of rotatable bonds is 5. The molecule has 1 aliphatic heterocycles. The molecule has 1 aromatic heterocycles. The molecule has 3 rings (SSSR count). The molecule has 0 spiro atoms. The molecular weight excluding hydrogens is 278 g/mol. The van der Waals surface area contributed by atoms with E-state index in [1.165, 1.54) is 0 Å². The monoisotopic (exact) mass is 297 g/mol. The maximum Gasteiger partial charge on any atom is 0.181 e. The number of carbonyl (C=O) groups excluding carboxylic acids is 2. The molecule has 4 nitrogen and oxygen atoms in total. The van der Waals surface area contributed by atoms with E-state index in [9.17, 15) is 9.59 Å². The van der Waals surface area contributed by atoms with E-state index in [0.29, 0.717) is 5.69 Å². The van der Waals surface area contributed by atoms with Crippen molar-refractivity contribution in [1.29, 1.82) is 0 Å². The molecule has 0 N–H and O–H groups in total. The van der Waals surface area contributed by atoms with Crippen molar-refractivity contribution in [2.24, 2.45) is 0 Å². The maximum atomic E-state index is 12.3. The average molecular weight is 297 g/mol. The largest absolute Gasteiger partial charge is 0.498 e. The minimum Gasteiger partial charge on any atom is -0.498 e. The number of aromatic nitrogens is 1. The van der Waals surface area contributed by atoms with Gasteiger partial charge in [0.05, 0.1) is 12.4 Å². The summed E-state index contributed by atoms with van der Waals surface area (Å²) in [4.78, 5) is 28.3. The van der Waals surface area contributed by atoms with Crippen LogP contribution >= 0.6 is 0 Å². The number of carbonyl (C=O) groups is 2. The second-order valence-electron chi connectivity index (χ2n) is 5.63. The number of ether oxygens (including phenoxy) is 1. The molecule has 0 saturated heterocycles. The summed E-state index contributed by atoms with van der Waals surface area (Å²) in [5, 5.41) is 0. The maximum absolute atomic E-state index is 12.3. The molecule has 1 aliphatic carbocycles. The lowest BCUT2D eigenvalue weighted by Crippen LogP contribution is -2.14. The van der Waals surface area contributed by atoms with Crippen molar-refractivity contribution in [3.63, 3.8) is 0 Å². The zero-order chi connectivity index (χ0) is 15.4. The molecule has 2 heterocycles. The topological polar surface area (TPSA) is 56.3 Å². The van der Waals surface area contributed by atoms with E-state index in [1.54, 1.807) is 24.4 Å². The van der Waals surface area contributed by atoms with Gasteiger partial charge in [-0.25, -0.2) is 0 Å². The smallest absolute Gasteiger partial charge is 0.181 e. The molecule has 0 fully saturated rings. The van der Waals surface area contributed by atoms with Gasteiger partial charge in [-0.2, -0.15) is 0 Å². The molecular formula is C18H19NO3. The van der Waals surface area contributed by atoms with E-state index in [1.807, 2.05) is 6.08 Å². The highest BCUT2D eigenvalue weighted by Crippen LogP contribution is 2.31. The summed E-state index contributed by atoms with van der Waals surface area (Å²) in [6.07, 6.45) is 7.56. The van der Waals surface area contributed by atoms with Crippen molar-refractivity contribution in [1.82, 2.24) is 4.98 Å².